The molecule has 3 heteroatoms. The van der Waals surface area contributed by atoms with Gasteiger partial charge in [-0.1, -0.05) is 18.2 Å². The van der Waals surface area contributed by atoms with Gasteiger partial charge >= 0.3 is 0 Å². The van der Waals surface area contributed by atoms with E-state index >= 15 is 0 Å². The summed E-state index contributed by atoms with van der Waals surface area (Å²) >= 11 is 0. The fraction of sp³-hybridized carbons (Fsp3) is 0.125. The molecule has 1 N–H and O–H groups in total. The summed E-state index contributed by atoms with van der Waals surface area (Å²) in [4.78, 5) is 3.13. The van der Waals surface area contributed by atoms with E-state index in [0.29, 0.717) is 5.56 Å². The molecule has 0 spiro atoms. The number of hydrogen-bond acceptors (Lipinski definition) is 1. The number of aromatic amines is 1. The average Bonchev–Trinajstić information content (AvgIpc) is 2.86. The van der Waals surface area contributed by atoms with Gasteiger partial charge in [0.2, 0.25) is 0 Å². The zero-order valence-electron chi connectivity index (χ0n) is 10.6. The van der Waals surface area contributed by atoms with Gasteiger partial charge in [-0.25, -0.2) is 4.39 Å². The molecule has 0 aliphatic rings. The molecule has 1 aromatic heterocycles. The summed E-state index contributed by atoms with van der Waals surface area (Å²) in [6.45, 7) is 1.84. The van der Waals surface area contributed by atoms with Gasteiger partial charge in [0.15, 0.2) is 0 Å². The molecule has 0 aliphatic carbocycles. The Bertz CT molecular complexity index is 705. The van der Waals surface area contributed by atoms with Crippen LogP contribution < -0.4 is 4.74 Å². The molecule has 96 valence electrons. The molecule has 0 bridgehead atoms. The van der Waals surface area contributed by atoms with Crippen LogP contribution in [-0.2, 0) is 0 Å². The fourth-order valence-electron chi connectivity index (χ4n) is 2.17. The molecule has 1 unspecified atom stereocenters. The third-order valence-electron chi connectivity index (χ3n) is 3.18. The Morgan fingerprint density at radius 2 is 1.95 bits per heavy atom. The van der Waals surface area contributed by atoms with Crippen molar-refractivity contribution in [2.24, 2.45) is 0 Å². The zero-order chi connectivity index (χ0) is 13.2. The molecule has 1 atom stereocenters. The standard InChI is InChI=1S/C16H14FNO/c1-11(14-4-2-3-5-15(14)17)19-13-7-6-12-8-9-18-16(12)10-13/h2-11,18H,1H3. The van der Waals surface area contributed by atoms with Crippen molar-refractivity contribution >= 4 is 10.9 Å². The summed E-state index contributed by atoms with van der Waals surface area (Å²) in [7, 11) is 0. The van der Waals surface area contributed by atoms with Crippen LogP contribution in [0, 0.1) is 5.82 Å². The molecule has 1 heterocycles. The minimum atomic E-state index is -0.325. The van der Waals surface area contributed by atoms with Crippen LogP contribution in [0.5, 0.6) is 5.75 Å². The Hall–Kier alpha value is -2.29. The molecular formula is C16H14FNO. The van der Waals surface area contributed by atoms with Gasteiger partial charge in [-0.05, 0) is 36.6 Å². The summed E-state index contributed by atoms with van der Waals surface area (Å²) in [6, 6.07) is 14.5. The molecule has 3 rings (SSSR count). The van der Waals surface area contributed by atoms with Crippen LogP contribution in [0.3, 0.4) is 0 Å². The highest BCUT2D eigenvalue weighted by atomic mass is 19.1. The third-order valence-corrected chi connectivity index (χ3v) is 3.18. The number of rotatable bonds is 3. The first kappa shape index (κ1) is 11.8. The minimum Gasteiger partial charge on any atom is -0.486 e. The monoisotopic (exact) mass is 255 g/mol. The second-order valence-electron chi connectivity index (χ2n) is 4.51. The molecule has 0 fully saturated rings. The molecule has 3 aromatic rings. The highest BCUT2D eigenvalue weighted by Gasteiger charge is 2.12. The lowest BCUT2D eigenvalue weighted by Crippen LogP contribution is -2.05. The van der Waals surface area contributed by atoms with E-state index in [2.05, 4.69) is 4.98 Å². The normalized spacial score (nSPS) is 12.5. The topological polar surface area (TPSA) is 25.0 Å². The van der Waals surface area contributed by atoms with Crippen LogP contribution in [0.1, 0.15) is 18.6 Å². The van der Waals surface area contributed by atoms with Crippen LogP contribution in [0.25, 0.3) is 10.9 Å². The summed E-state index contributed by atoms with van der Waals surface area (Å²) in [5.41, 5.74) is 1.58. The molecule has 0 radical (unpaired) electrons. The average molecular weight is 255 g/mol. The smallest absolute Gasteiger partial charge is 0.130 e. The van der Waals surface area contributed by atoms with Crippen molar-refractivity contribution in [3.63, 3.8) is 0 Å². The summed E-state index contributed by atoms with van der Waals surface area (Å²) in [6.07, 6.45) is 1.56. The number of nitrogens with one attached hydrogen (secondary N) is 1. The highest BCUT2D eigenvalue weighted by Crippen LogP contribution is 2.26. The largest absolute Gasteiger partial charge is 0.486 e. The molecule has 0 amide bonds. The number of ether oxygens (including phenoxy) is 1. The van der Waals surface area contributed by atoms with Gasteiger partial charge < -0.3 is 9.72 Å². The molecule has 2 aromatic carbocycles. The van der Waals surface area contributed by atoms with E-state index in [1.165, 1.54) is 6.07 Å². The maximum Gasteiger partial charge on any atom is 0.130 e. The van der Waals surface area contributed by atoms with Crippen molar-refractivity contribution < 1.29 is 9.13 Å². The fourth-order valence-corrected chi connectivity index (χ4v) is 2.17. The molecule has 0 saturated heterocycles. The van der Waals surface area contributed by atoms with E-state index in [-0.39, 0.29) is 11.9 Å². The van der Waals surface area contributed by atoms with Gasteiger partial charge in [-0.3, -0.25) is 0 Å². The van der Waals surface area contributed by atoms with Crippen LogP contribution in [-0.4, -0.2) is 4.98 Å². The number of halogens is 1. The molecule has 0 saturated carbocycles. The van der Waals surface area contributed by atoms with E-state index in [1.54, 1.807) is 12.1 Å². The van der Waals surface area contributed by atoms with E-state index in [9.17, 15) is 4.39 Å². The van der Waals surface area contributed by atoms with E-state index < -0.39 is 0 Å². The summed E-state index contributed by atoms with van der Waals surface area (Å²) < 4.78 is 19.5. The lowest BCUT2D eigenvalue weighted by atomic mass is 10.1. The lowest BCUT2D eigenvalue weighted by Gasteiger charge is -2.15. The van der Waals surface area contributed by atoms with Crippen LogP contribution in [0.15, 0.2) is 54.7 Å². The van der Waals surface area contributed by atoms with E-state index in [1.807, 2.05) is 43.5 Å². The van der Waals surface area contributed by atoms with E-state index in [4.69, 9.17) is 4.74 Å². The summed E-state index contributed by atoms with van der Waals surface area (Å²) in [5.74, 6) is 0.488. The van der Waals surface area contributed by atoms with Gasteiger partial charge in [-0.2, -0.15) is 0 Å². The lowest BCUT2D eigenvalue weighted by molar-refractivity contribution is 0.222. The first-order chi connectivity index (χ1) is 9.24. The first-order valence-corrected chi connectivity index (χ1v) is 6.22. The van der Waals surface area contributed by atoms with Gasteiger partial charge in [0.1, 0.15) is 17.7 Å². The number of aromatic nitrogens is 1. The number of hydrogen-bond donors (Lipinski definition) is 1. The number of fused-ring (bicyclic) bond motifs is 1. The highest BCUT2D eigenvalue weighted by molar-refractivity contribution is 5.80. The third kappa shape index (κ3) is 2.32. The molecule has 2 nitrogen and oxygen atoms in total. The second-order valence-corrected chi connectivity index (χ2v) is 4.51. The molecule has 19 heavy (non-hydrogen) atoms. The van der Waals surface area contributed by atoms with Gasteiger partial charge in [0.05, 0.1) is 0 Å². The van der Waals surface area contributed by atoms with Crippen molar-refractivity contribution in [3.05, 3.63) is 66.1 Å². The van der Waals surface area contributed by atoms with Crippen molar-refractivity contribution in [1.82, 2.24) is 4.98 Å². The minimum absolute atomic E-state index is 0.240. The van der Waals surface area contributed by atoms with Gasteiger partial charge in [0, 0.05) is 23.3 Å². The Balaban J connectivity index is 1.86. The van der Waals surface area contributed by atoms with Crippen LogP contribution >= 0.6 is 0 Å². The van der Waals surface area contributed by atoms with Gasteiger partial charge in [0.25, 0.3) is 0 Å². The Morgan fingerprint density at radius 1 is 1.11 bits per heavy atom. The first-order valence-electron chi connectivity index (χ1n) is 6.22. The number of H-pyrrole nitrogens is 1. The van der Waals surface area contributed by atoms with Gasteiger partial charge in [-0.15, -0.1) is 0 Å². The second kappa shape index (κ2) is 4.76. The molecule has 0 aliphatic heterocycles. The maximum absolute atomic E-state index is 13.7. The summed E-state index contributed by atoms with van der Waals surface area (Å²) in [5, 5.41) is 1.13. The Labute approximate surface area is 110 Å². The SMILES string of the molecule is CC(Oc1ccc2cc[nH]c2c1)c1ccccc1F. The maximum atomic E-state index is 13.7. The predicted octanol–water partition coefficient (Wildman–Crippen LogP) is 4.45. The number of benzene rings is 2. The quantitative estimate of drug-likeness (QED) is 0.735. The van der Waals surface area contributed by atoms with Crippen molar-refractivity contribution in [2.75, 3.05) is 0 Å². The zero-order valence-corrected chi connectivity index (χ0v) is 10.6. The van der Waals surface area contributed by atoms with Crippen molar-refractivity contribution in [1.29, 1.82) is 0 Å². The van der Waals surface area contributed by atoms with Crippen molar-refractivity contribution in [2.45, 2.75) is 13.0 Å². The molecular weight excluding hydrogens is 241 g/mol. The van der Waals surface area contributed by atoms with E-state index in [0.717, 1.165) is 16.7 Å². The predicted molar refractivity (Wildman–Crippen MR) is 73.7 cm³/mol. The van der Waals surface area contributed by atoms with Crippen LogP contribution in [0.4, 0.5) is 4.39 Å². The Morgan fingerprint density at radius 3 is 2.79 bits per heavy atom. The van der Waals surface area contributed by atoms with Crippen molar-refractivity contribution in [3.8, 4) is 5.75 Å². The Kier molecular flexibility index (Phi) is 2.95. The van der Waals surface area contributed by atoms with Crippen LogP contribution in [0.2, 0.25) is 0 Å².